The van der Waals surface area contributed by atoms with Crippen molar-refractivity contribution in [3.63, 3.8) is 0 Å². The standard InChI is InChI=1S/C30H36Cl2N6O3S2/c1-2-3-6-11-23-13-15-27(42-23)29-24(21-33-43(40,41)37-18-9-5-10-19-37)28(30(39)35-36-16-7-4-8-17-36)34-38(29)26-14-12-22(31)20-25(26)32/h12-15,20,33H,2-5,7-10,16-19,21H2,1H3,(H,35,39). The van der Waals surface area contributed by atoms with E-state index in [0.717, 1.165) is 74.2 Å². The number of nitrogens with one attached hydrogen (secondary N) is 2. The molecule has 2 aromatic heterocycles. The van der Waals surface area contributed by atoms with Crippen LogP contribution in [0.5, 0.6) is 0 Å². The Labute approximate surface area is 267 Å². The van der Waals surface area contributed by atoms with Crippen molar-refractivity contribution in [2.75, 3.05) is 26.2 Å². The van der Waals surface area contributed by atoms with E-state index in [1.54, 1.807) is 22.9 Å². The normalized spacial score (nSPS) is 16.5. The van der Waals surface area contributed by atoms with E-state index in [1.807, 2.05) is 17.1 Å². The minimum absolute atomic E-state index is 0.125. The second-order valence-electron chi connectivity index (χ2n) is 10.7. The molecule has 0 bridgehead atoms. The summed E-state index contributed by atoms with van der Waals surface area (Å²) >= 11 is 14.3. The van der Waals surface area contributed by atoms with Crippen molar-refractivity contribution in [3.05, 3.63) is 56.5 Å². The van der Waals surface area contributed by atoms with E-state index >= 15 is 0 Å². The third-order valence-electron chi connectivity index (χ3n) is 7.46. The second-order valence-corrected chi connectivity index (χ2v) is 14.4. The molecule has 1 amide bonds. The van der Waals surface area contributed by atoms with Gasteiger partial charge in [-0.25, -0.2) is 9.69 Å². The maximum atomic E-state index is 13.8. The third kappa shape index (κ3) is 7.81. The van der Waals surface area contributed by atoms with Crippen molar-refractivity contribution >= 4 is 50.7 Å². The van der Waals surface area contributed by atoms with Crippen molar-refractivity contribution < 1.29 is 13.2 Å². The maximum Gasteiger partial charge on any atom is 0.286 e. The fraction of sp³-hybridized carbons (Fsp3) is 0.467. The summed E-state index contributed by atoms with van der Waals surface area (Å²) < 4.78 is 32.6. The summed E-state index contributed by atoms with van der Waals surface area (Å²) in [5.41, 5.74) is 4.67. The van der Waals surface area contributed by atoms with Crippen LogP contribution in [-0.2, 0) is 16.8 Å². The summed E-state index contributed by atoms with van der Waals surface area (Å²) in [6.07, 6.45) is 7.48. The van der Waals surface area contributed by atoms with Crippen molar-refractivity contribution in [3.8, 4) is 28.1 Å². The number of amides is 1. The van der Waals surface area contributed by atoms with Crippen LogP contribution in [0.3, 0.4) is 0 Å². The number of unbranched alkanes of at least 4 members (excludes halogenated alkanes) is 1. The van der Waals surface area contributed by atoms with Crippen LogP contribution in [0.4, 0.5) is 0 Å². The van der Waals surface area contributed by atoms with Crippen molar-refractivity contribution in [1.82, 2.24) is 29.2 Å². The van der Waals surface area contributed by atoms with Gasteiger partial charge in [0, 0.05) is 49.7 Å². The number of hydrogen-bond acceptors (Lipinski definition) is 6. The minimum Gasteiger partial charge on any atom is -0.283 e. The number of carbonyl (C=O) groups is 1. The van der Waals surface area contributed by atoms with E-state index in [4.69, 9.17) is 28.3 Å². The van der Waals surface area contributed by atoms with Crippen LogP contribution in [0, 0.1) is 11.8 Å². The van der Waals surface area contributed by atoms with E-state index < -0.39 is 16.1 Å². The first-order valence-electron chi connectivity index (χ1n) is 14.7. The number of thiophene rings is 1. The number of benzene rings is 1. The number of aromatic nitrogens is 2. The number of hydrazine groups is 1. The number of rotatable bonds is 9. The molecule has 0 aliphatic carbocycles. The Hall–Kier alpha value is -2.43. The lowest BCUT2D eigenvalue weighted by Crippen LogP contribution is -2.46. The number of halogens is 2. The molecule has 0 unspecified atom stereocenters. The lowest BCUT2D eigenvalue weighted by atomic mass is 10.1. The molecule has 2 aliphatic rings. The maximum absolute atomic E-state index is 13.8. The number of hydrogen-bond donors (Lipinski definition) is 2. The average Bonchev–Trinajstić information content (AvgIpc) is 3.62. The number of piperidine rings is 2. The molecule has 0 radical (unpaired) electrons. The highest BCUT2D eigenvalue weighted by Crippen LogP contribution is 2.37. The van der Waals surface area contributed by atoms with Gasteiger partial charge in [-0.05, 0) is 62.4 Å². The summed E-state index contributed by atoms with van der Waals surface area (Å²) in [4.78, 5) is 15.5. The van der Waals surface area contributed by atoms with E-state index in [0.29, 0.717) is 40.1 Å². The molecule has 0 saturated carbocycles. The van der Waals surface area contributed by atoms with Gasteiger partial charge in [-0.2, -0.15) is 22.5 Å². The smallest absolute Gasteiger partial charge is 0.283 e. The molecule has 9 nitrogen and oxygen atoms in total. The molecule has 2 aliphatic heterocycles. The molecular formula is C30H36Cl2N6O3S2. The molecule has 1 aromatic carbocycles. The fourth-order valence-electron chi connectivity index (χ4n) is 5.25. The highest BCUT2D eigenvalue weighted by Gasteiger charge is 2.30. The molecule has 2 saturated heterocycles. The number of carbonyl (C=O) groups excluding carboxylic acids is 1. The van der Waals surface area contributed by atoms with Crippen molar-refractivity contribution in [1.29, 1.82) is 0 Å². The lowest BCUT2D eigenvalue weighted by molar-refractivity contribution is 0.0743. The summed E-state index contributed by atoms with van der Waals surface area (Å²) in [7, 11) is -3.79. The highest BCUT2D eigenvalue weighted by atomic mass is 35.5. The molecule has 5 rings (SSSR count). The Morgan fingerprint density at radius 2 is 1.74 bits per heavy atom. The molecule has 3 aromatic rings. The van der Waals surface area contributed by atoms with Gasteiger partial charge in [-0.15, -0.1) is 11.3 Å². The predicted molar refractivity (Wildman–Crippen MR) is 173 cm³/mol. The SMILES string of the molecule is CCCC#Cc1ccc(-c2c(CNS(=O)(=O)N3CCCCC3)c(C(=O)NN3CCCCC3)nn2-c2ccc(Cl)cc2Cl)s1. The fourth-order valence-corrected chi connectivity index (χ4v) is 7.93. The first-order chi connectivity index (χ1) is 20.8. The largest absolute Gasteiger partial charge is 0.286 e. The summed E-state index contributed by atoms with van der Waals surface area (Å²) in [6, 6.07) is 8.92. The summed E-state index contributed by atoms with van der Waals surface area (Å²) in [6.45, 7) is 4.37. The second kappa shape index (κ2) is 14.6. The molecule has 0 spiro atoms. The van der Waals surface area contributed by atoms with Gasteiger partial charge in [0.1, 0.15) is 0 Å². The van der Waals surface area contributed by atoms with Gasteiger partial charge in [0.05, 0.1) is 26.2 Å². The first kappa shape index (κ1) is 32.0. The van der Waals surface area contributed by atoms with E-state index in [2.05, 4.69) is 28.9 Å². The molecule has 43 heavy (non-hydrogen) atoms. The Morgan fingerprint density at radius 3 is 2.44 bits per heavy atom. The van der Waals surface area contributed by atoms with Crippen LogP contribution < -0.4 is 10.1 Å². The monoisotopic (exact) mass is 662 g/mol. The third-order valence-corrected chi connectivity index (χ3v) is 10.6. The van der Waals surface area contributed by atoms with Crippen LogP contribution in [0.25, 0.3) is 16.3 Å². The number of nitrogens with zero attached hydrogens (tertiary/aromatic N) is 4. The summed E-state index contributed by atoms with van der Waals surface area (Å²) in [5, 5.41) is 7.49. The van der Waals surface area contributed by atoms with Crippen LogP contribution in [0.1, 0.15) is 79.2 Å². The van der Waals surface area contributed by atoms with Crippen molar-refractivity contribution in [2.45, 2.75) is 64.8 Å². The van der Waals surface area contributed by atoms with Gasteiger partial charge in [-0.1, -0.05) is 54.8 Å². The van der Waals surface area contributed by atoms with E-state index in [-0.39, 0.29) is 12.2 Å². The molecule has 2 N–H and O–H groups in total. The van der Waals surface area contributed by atoms with Crippen LogP contribution >= 0.6 is 34.5 Å². The highest BCUT2D eigenvalue weighted by molar-refractivity contribution is 7.87. The Kier molecular flexibility index (Phi) is 10.8. The Morgan fingerprint density at radius 1 is 1.02 bits per heavy atom. The zero-order chi connectivity index (χ0) is 30.4. The lowest BCUT2D eigenvalue weighted by Gasteiger charge is -2.27. The van der Waals surface area contributed by atoms with Gasteiger partial charge in [-0.3, -0.25) is 10.2 Å². The topological polar surface area (TPSA) is 99.6 Å². The summed E-state index contributed by atoms with van der Waals surface area (Å²) in [5.74, 6) is 5.98. The average molecular weight is 664 g/mol. The zero-order valence-corrected chi connectivity index (χ0v) is 27.3. The van der Waals surface area contributed by atoms with Gasteiger partial charge in [0.2, 0.25) is 0 Å². The Balaban J connectivity index is 1.62. The van der Waals surface area contributed by atoms with Crippen LogP contribution in [0.2, 0.25) is 10.0 Å². The zero-order valence-electron chi connectivity index (χ0n) is 24.2. The van der Waals surface area contributed by atoms with Gasteiger partial charge >= 0.3 is 0 Å². The molecule has 4 heterocycles. The first-order valence-corrected chi connectivity index (χ1v) is 17.7. The quantitative estimate of drug-likeness (QED) is 0.274. The Bertz CT molecular complexity index is 1610. The van der Waals surface area contributed by atoms with Crippen molar-refractivity contribution in [2.24, 2.45) is 0 Å². The molecule has 13 heteroatoms. The van der Waals surface area contributed by atoms with Gasteiger partial charge in [0.15, 0.2) is 5.69 Å². The van der Waals surface area contributed by atoms with Crippen LogP contribution in [0.15, 0.2) is 30.3 Å². The molecule has 0 atom stereocenters. The van der Waals surface area contributed by atoms with Gasteiger partial charge < -0.3 is 0 Å². The van der Waals surface area contributed by atoms with Crippen LogP contribution in [-0.4, -0.2) is 59.6 Å². The van der Waals surface area contributed by atoms with E-state index in [9.17, 15) is 13.2 Å². The predicted octanol–water partition coefficient (Wildman–Crippen LogP) is 6.01. The van der Waals surface area contributed by atoms with Gasteiger partial charge in [0.25, 0.3) is 16.1 Å². The molecular weight excluding hydrogens is 627 g/mol. The minimum atomic E-state index is -3.79. The molecule has 2 fully saturated rings. The molecule has 230 valence electrons. The van der Waals surface area contributed by atoms with E-state index in [1.165, 1.54) is 15.6 Å².